The van der Waals surface area contributed by atoms with Crippen LogP contribution in [0.5, 0.6) is 11.5 Å². The molecule has 2 aromatic rings. The maximum absolute atomic E-state index is 12.0. The molecule has 29 heavy (non-hydrogen) atoms. The van der Waals surface area contributed by atoms with E-state index in [1.807, 2.05) is 61.5 Å². The van der Waals surface area contributed by atoms with Crippen LogP contribution in [0.1, 0.15) is 44.6 Å². The summed E-state index contributed by atoms with van der Waals surface area (Å²) in [6.07, 6.45) is 2.67. The Morgan fingerprint density at radius 3 is 2.31 bits per heavy atom. The fourth-order valence-corrected chi connectivity index (χ4v) is 3.83. The quantitative estimate of drug-likeness (QED) is 0.660. The number of amides is 1. The molecule has 0 aromatic heterocycles. The van der Waals surface area contributed by atoms with Gasteiger partial charge in [0.05, 0.1) is 5.60 Å². The topological polar surface area (TPSA) is 95.9 Å². The predicted molar refractivity (Wildman–Crippen MR) is 109 cm³/mol. The van der Waals surface area contributed by atoms with Crippen LogP contribution in [0.15, 0.2) is 54.6 Å². The van der Waals surface area contributed by atoms with Gasteiger partial charge in [0.15, 0.2) is 0 Å². The van der Waals surface area contributed by atoms with Gasteiger partial charge in [-0.2, -0.15) is 0 Å². The number of rotatable bonds is 7. The van der Waals surface area contributed by atoms with Gasteiger partial charge in [0.1, 0.15) is 18.0 Å². The third kappa shape index (κ3) is 5.57. The Hall–Kier alpha value is -2.86. The highest BCUT2D eigenvalue weighted by Crippen LogP contribution is 2.47. The SMILES string of the molecule is CC1(CC(=O)NCC(=O)O)CCC(O)(c2cccc(Oc3ccccc3)c2)CC1. The number of benzene rings is 2. The Bertz CT molecular complexity index is 857. The van der Waals surface area contributed by atoms with Gasteiger partial charge in [0.25, 0.3) is 0 Å². The molecule has 1 fully saturated rings. The van der Waals surface area contributed by atoms with Crippen molar-refractivity contribution in [3.63, 3.8) is 0 Å². The van der Waals surface area contributed by atoms with Gasteiger partial charge in [0, 0.05) is 6.42 Å². The highest BCUT2D eigenvalue weighted by molar-refractivity contribution is 5.81. The normalized spacial score (nSPS) is 23.9. The molecule has 3 rings (SSSR count). The lowest BCUT2D eigenvalue weighted by molar-refractivity contribution is -0.138. The molecule has 3 N–H and O–H groups in total. The molecular weight excluding hydrogens is 370 g/mol. The van der Waals surface area contributed by atoms with Crippen LogP contribution in [-0.2, 0) is 15.2 Å². The molecule has 1 amide bonds. The number of carbonyl (C=O) groups excluding carboxylic acids is 1. The van der Waals surface area contributed by atoms with E-state index >= 15 is 0 Å². The summed E-state index contributed by atoms with van der Waals surface area (Å²) in [6.45, 7) is 1.65. The van der Waals surface area contributed by atoms with E-state index in [2.05, 4.69) is 5.32 Å². The lowest BCUT2D eigenvalue weighted by Crippen LogP contribution is -2.39. The van der Waals surface area contributed by atoms with Gasteiger partial charge >= 0.3 is 5.97 Å². The largest absolute Gasteiger partial charge is 0.480 e. The van der Waals surface area contributed by atoms with Crippen LogP contribution in [0.3, 0.4) is 0 Å². The van der Waals surface area contributed by atoms with Gasteiger partial charge in [0.2, 0.25) is 5.91 Å². The molecule has 1 saturated carbocycles. The van der Waals surface area contributed by atoms with Crippen molar-refractivity contribution in [3.05, 3.63) is 60.2 Å². The fourth-order valence-electron chi connectivity index (χ4n) is 3.83. The molecular formula is C23H27NO5. The minimum Gasteiger partial charge on any atom is -0.480 e. The number of carboxylic acids is 1. The minimum absolute atomic E-state index is 0.257. The summed E-state index contributed by atoms with van der Waals surface area (Å²) in [4.78, 5) is 22.6. The van der Waals surface area contributed by atoms with Crippen molar-refractivity contribution in [1.29, 1.82) is 0 Å². The van der Waals surface area contributed by atoms with Crippen molar-refractivity contribution < 1.29 is 24.5 Å². The smallest absolute Gasteiger partial charge is 0.322 e. The molecule has 1 aliphatic rings. The number of aliphatic carboxylic acids is 1. The Morgan fingerprint density at radius 1 is 1.00 bits per heavy atom. The molecule has 154 valence electrons. The fraction of sp³-hybridized carbons (Fsp3) is 0.391. The highest BCUT2D eigenvalue weighted by atomic mass is 16.5. The lowest BCUT2D eigenvalue weighted by atomic mass is 9.66. The molecule has 0 unspecified atom stereocenters. The Kier molecular flexibility index (Phi) is 6.23. The van der Waals surface area contributed by atoms with E-state index in [4.69, 9.17) is 9.84 Å². The molecule has 0 heterocycles. The zero-order valence-corrected chi connectivity index (χ0v) is 16.6. The van der Waals surface area contributed by atoms with Crippen LogP contribution in [0.4, 0.5) is 0 Å². The standard InChI is InChI=1S/C23H27NO5/c1-22(15-20(25)24-16-21(26)27)10-12-23(28,13-11-22)17-6-5-9-19(14-17)29-18-7-3-2-4-8-18/h2-9,14,28H,10-13,15-16H2,1H3,(H,24,25)(H,26,27). The minimum atomic E-state index is -1.06. The summed E-state index contributed by atoms with van der Waals surface area (Å²) in [5.41, 5.74) is -0.414. The Morgan fingerprint density at radius 2 is 1.66 bits per heavy atom. The van der Waals surface area contributed by atoms with Crippen molar-refractivity contribution in [2.24, 2.45) is 5.41 Å². The molecule has 0 spiro atoms. The van der Waals surface area contributed by atoms with Gasteiger partial charge in [-0.1, -0.05) is 37.3 Å². The summed E-state index contributed by atoms with van der Waals surface area (Å²) in [7, 11) is 0. The number of para-hydroxylation sites is 1. The zero-order chi connectivity index (χ0) is 20.9. The average Bonchev–Trinajstić information content (AvgIpc) is 2.70. The Labute approximate surface area is 170 Å². The van der Waals surface area contributed by atoms with Crippen LogP contribution in [0, 0.1) is 5.41 Å². The maximum Gasteiger partial charge on any atom is 0.322 e. The lowest BCUT2D eigenvalue weighted by Gasteiger charge is -2.42. The number of aliphatic hydroxyl groups is 1. The summed E-state index contributed by atoms with van der Waals surface area (Å²) in [6, 6.07) is 17.0. The van der Waals surface area contributed by atoms with Crippen LogP contribution < -0.4 is 10.1 Å². The summed E-state index contributed by atoms with van der Waals surface area (Å²) in [5, 5.41) is 22.3. The van der Waals surface area contributed by atoms with Gasteiger partial charge in [-0.05, 0) is 60.9 Å². The molecule has 0 aliphatic heterocycles. The van der Waals surface area contributed by atoms with Crippen molar-refractivity contribution >= 4 is 11.9 Å². The van der Waals surface area contributed by atoms with E-state index in [1.165, 1.54) is 0 Å². The highest BCUT2D eigenvalue weighted by Gasteiger charge is 2.41. The molecule has 0 radical (unpaired) electrons. The molecule has 6 nitrogen and oxygen atoms in total. The Balaban J connectivity index is 1.63. The molecule has 0 bridgehead atoms. The first-order chi connectivity index (χ1) is 13.8. The van der Waals surface area contributed by atoms with Crippen LogP contribution in [-0.4, -0.2) is 28.6 Å². The summed E-state index contributed by atoms with van der Waals surface area (Å²) < 4.78 is 5.88. The summed E-state index contributed by atoms with van der Waals surface area (Å²) >= 11 is 0. The maximum atomic E-state index is 12.0. The number of carbonyl (C=O) groups is 2. The number of carboxylic acid groups (broad SMARTS) is 1. The number of hydrogen-bond acceptors (Lipinski definition) is 4. The second kappa shape index (κ2) is 8.66. The predicted octanol–water partition coefficient (Wildman–Crippen LogP) is 3.84. The van der Waals surface area contributed by atoms with Gasteiger partial charge in [-0.25, -0.2) is 0 Å². The van der Waals surface area contributed by atoms with Crippen molar-refractivity contribution in [1.82, 2.24) is 5.32 Å². The number of hydrogen-bond donors (Lipinski definition) is 3. The van der Waals surface area contributed by atoms with E-state index in [-0.39, 0.29) is 24.3 Å². The van der Waals surface area contributed by atoms with Crippen LogP contribution in [0.2, 0.25) is 0 Å². The third-order valence-corrected chi connectivity index (χ3v) is 5.66. The van der Waals surface area contributed by atoms with E-state index in [1.54, 1.807) is 0 Å². The monoisotopic (exact) mass is 397 g/mol. The molecule has 0 saturated heterocycles. The van der Waals surface area contributed by atoms with Crippen molar-refractivity contribution in [2.75, 3.05) is 6.54 Å². The van der Waals surface area contributed by atoms with Crippen molar-refractivity contribution in [2.45, 2.75) is 44.6 Å². The van der Waals surface area contributed by atoms with E-state index in [9.17, 15) is 14.7 Å². The van der Waals surface area contributed by atoms with Gasteiger partial charge in [-0.3, -0.25) is 9.59 Å². The van der Waals surface area contributed by atoms with E-state index < -0.39 is 11.6 Å². The van der Waals surface area contributed by atoms with Gasteiger partial charge in [-0.15, -0.1) is 0 Å². The first kappa shape index (κ1) is 20.9. The molecule has 2 aromatic carbocycles. The second-order valence-electron chi connectivity index (χ2n) is 8.13. The first-order valence-electron chi connectivity index (χ1n) is 9.82. The second-order valence-corrected chi connectivity index (χ2v) is 8.13. The summed E-state index contributed by atoms with van der Waals surface area (Å²) in [5.74, 6) is 0.0847. The molecule has 1 aliphatic carbocycles. The van der Waals surface area contributed by atoms with E-state index in [0.29, 0.717) is 31.4 Å². The van der Waals surface area contributed by atoms with Crippen LogP contribution in [0.25, 0.3) is 0 Å². The number of ether oxygens (including phenoxy) is 1. The van der Waals surface area contributed by atoms with Crippen LogP contribution >= 0.6 is 0 Å². The van der Waals surface area contributed by atoms with Crippen molar-refractivity contribution in [3.8, 4) is 11.5 Å². The van der Waals surface area contributed by atoms with Gasteiger partial charge < -0.3 is 20.3 Å². The van der Waals surface area contributed by atoms with E-state index in [0.717, 1.165) is 11.3 Å². The zero-order valence-electron chi connectivity index (χ0n) is 16.6. The molecule has 0 atom stereocenters. The molecule has 6 heteroatoms. The number of nitrogens with one attached hydrogen (secondary N) is 1. The average molecular weight is 397 g/mol. The first-order valence-corrected chi connectivity index (χ1v) is 9.82. The third-order valence-electron chi connectivity index (χ3n) is 5.66.